The fraction of sp³-hybridized carbons (Fsp3) is 0.273. The van der Waals surface area contributed by atoms with Gasteiger partial charge in [-0.25, -0.2) is 4.98 Å². The molecular formula is C33H32N2O. The van der Waals surface area contributed by atoms with Crippen LogP contribution in [0, 0.1) is 0 Å². The number of oxazole rings is 1. The van der Waals surface area contributed by atoms with E-state index in [0.717, 1.165) is 39.0 Å². The van der Waals surface area contributed by atoms with Crippen LogP contribution in [0.15, 0.2) is 89.5 Å². The molecule has 36 heavy (non-hydrogen) atoms. The normalized spacial score (nSPS) is 14.5. The Labute approximate surface area is 213 Å². The van der Waals surface area contributed by atoms with Crippen LogP contribution in [0.5, 0.6) is 0 Å². The molecule has 0 N–H and O–H groups in total. The summed E-state index contributed by atoms with van der Waals surface area (Å²) < 4.78 is 6.41. The predicted molar refractivity (Wildman–Crippen MR) is 148 cm³/mol. The third-order valence-electron chi connectivity index (χ3n) is 7.56. The van der Waals surface area contributed by atoms with Gasteiger partial charge in [0.25, 0.3) is 0 Å². The maximum Gasteiger partial charge on any atom is 0.227 e. The van der Waals surface area contributed by atoms with Crippen LogP contribution in [-0.2, 0) is 0 Å². The standard InChI is InChI=1S/C33H32N2O/c1-22(2)27-17-18-34-30(20-27)28-19-29(25-15-13-24(14-16-25)23-9-5-3-6-10-23)32-31(21-28)35-33(36-32)26-11-7-4-8-12-26/h4,7-8,11-23H,3,5-6,9-10H2,1-2H3. The SMILES string of the molecule is CC(C)c1ccnc(-c2cc(-c3ccc(C4CCCCC4)cc3)c3oc(-c4ccccc4)nc3c2)c1. The van der Waals surface area contributed by atoms with Crippen molar-refractivity contribution < 1.29 is 4.42 Å². The molecule has 3 nitrogen and oxygen atoms in total. The van der Waals surface area contributed by atoms with E-state index in [2.05, 4.69) is 62.4 Å². The molecule has 180 valence electrons. The zero-order chi connectivity index (χ0) is 24.5. The van der Waals surface area contributed by atoms with Gasteiger partial charge in [0, 0.05) is 22.9 Å². The molecule has 0 saturated heterocycles. The molecule has 2 heterocycles. The number of hydrogen-bond donors (Lipinski definition) is 0. The molecule has 1 aliphatic rings. The van der Waals surface area contributed by atoms with E-state index in [1.54, 1.807) is 0 Å². The first-order chi connectivity index (χ1) is 17.7. The summed E-state index contributed by atoms with van der Waals surface area (Å²) in [6.45, 7) is 4.43. The number of nitrogens with zero attached hydrogens (tertiary/aromatic N) is 2. The Morgan fingerprint density at radius 2 is 1.56 bits per heavy atom. The van der Waals surface area contributed by atoms with Crippen molar-refractivity contribution in [2.45, 2.75) is 57.8 Å². The fourth-order valence-corrected chi connectivity index (χ4v) is 5.43. The van der Waals surface area contributed by atoms with Gasteiger partial charge in [0.2, 0.25) is 5.89 Å². The van der Waals surface area contributed by atoms with Crippen molar-refractivity contribution in [2.24, 2.45) is 0 Å². The summed E-state index contributed by atoms with van der Waals surface area (Å²) in [7, 11) is 0. The Kier molecular flexibility index (Phi) is 6.14. The topological polar surface area (TPSA) is 38.9 Å². The van der Waals surface area contributed by atoms with E-state index in [-0.39, 0.29) is 0 Å². The van der Waals surface area contributed by atoms with Gasteiger partial charge in [-0.2, -0.15) is 0 Å². The lowest BCUT2D eigenvalue weighted by atomic mass is 9.83. The van der Waals surface area contributed by atoms with Gasteiger partial charge >= 0.3 is 0 Å². The molecule has 0 aliphatic heterocycles. The smallest absolute Gasteiger partial charge is 0.227 e. The third-order valence-corrected chi connectivity index (χ3v) is 7.56. The first-order valence-corrected chi connectivity index (χ1v) is 13.2. The molecule has 0 spiro atoms. The highest BCUT2D eigenvalue weighted by Crippen LogP contribution is 2.38. The largest absolute Gasteiger partial charge is 0.435 e. The maximum atomic E-state index is 6.41. The number of fused-ring (bicyclic) bond motifs is 1. The van der Waals surface area contributed by atoms with E-state index in [4.69, 9.17) is 14.4 Å². The van der Waals surface area contributed by atoms with Crippen molar-refractivity contribution >= 4 is 11.1 Å². The molecule has 5 aromatic rings. The second-order valence-electron chi connectivity index (χ2n) is 10.3. The highest BCUT2D eigenvalue weighted by molar-refractivity contribution is 5.95. The van der Waals surface area contributed by atoms with E-state index in [9.17, 15) is 0 Å². The molecule has 2 aromatic heterocycles. The summed E-state index contributed by atoms with van der Waals surface area (Å²) in [4.78, 5) is 9.62. The minimum Gasteiger partial charge on any atom is -0.435 e. The molecule has 3 heteroatoms. The van der Waals surface area contributed by atoms with Crippen molar-refractivity contribution in [3.63, 3.8) is 0 Å². The van der Waals surface area contributed by atoms with E-state index in [0.29, 0.717) is 17.7 Å². The van der Waals surface area contributed by atoms with Gasteiger partial charge in [0.05, 0.1) is 5.69 Å². The van der Waals surface area contributed by atoms with Gasteiger partial charge < -0.3 is 4.42 Å². The molecule has 0 unspecified atom stereocenters. The summed E-state index contributed by atoms with van der Waals surface area (Å²) in [5.41, 5.74) is 9.63. The summed E-state index contributed by atoms with van der Waals surface area (Å²) in [5, 5.41) is 0. The Hall–Kier alpha value is -3.72. The molecule has 1 fully saturated rings. The number of pyridine rings is 1. The highest BCUT2D eigenvalue weighted by Gasteiger charge is 2.18. The van der Waals surface area contributed by atoms with Crippen molar-refractivity contribution in [1.29, 1.82) is 0 Å². The molecule has 0 atom stereocenters. The van der Waals surface area contributed by atoms with Crippen molar-refractivity contribution in [3.8, 4) is 33.8 Å². The monoisotopic (exact) mass is 472 g/mol. The van der Waals surface area contributed by atoms with Crippen LogP contribution >= 0.6 is 0 Å². The Bertz CT molecular complexity index is 1480. The Balaban J connectivity index is 1.48. The van der Waals surface area contributed by atoms with Gasteiger partial charge in [-0.15, -0.1) is 0 Å². The van der Waals surface area contributed by atoms with E-state index < -0.39 is 0 Å². The molecule has 0 bridgehead atoms. The molecule has 6 rings (SSSR count). The van der Waals surface area contributed by atoms with E-state index in [1.165, 1.54) is 43.2 Å². The average Bonchev–Trinajstić information content (AvgIpc) is 3.38. The summed E-state index contributed by atoms with van der Waals surface area (Å²) >= 11 is 0. The van der Waals surface area contributed by atoms with Crippen LogP contribution in [0.25, 0.3) is 44.9 Å². The van der Waals surface area contributed by atoms with Gasteiger partial charge in [-0.1, -0.05) is 75.6 Å². The Morgan fingerprint density at radius 3 is 2.31 bits per heavy atom. The average molecular weight is 473 g/mol. The lowest BCUT2D eigenvalue weighted by Gasteiger charge is -2.22. The van der Waals surface area contributed by atoms with E-state index in [1.807, 2.05) is 36.5 Å². The maximum absolute atomic E-state index is 6.41. The van der Waals surface area contributed by atoms with Crippen LogP contribution in [0.2, 0.25) is 0 Å². The van der Waals surface area contributed by atoms with Crippen LogP contribution in [-0.4, -0.2) is 9.97 Å². The van der Waals surface area contributed by atoms with Crippen molar-refractivity contribution in [1.82, 2.24) is 9.97 Å². The number of benzene rings is 3. The van der Waals surface area contributed by atoms with Gasteiger partial charge in [-0.05, 0) is 77.8 Å². The first kappa shape index (κ1) is 22.7. The molecule has 1 saturated carbocycles. The Morgan fingerprint density at radius 1 is 0.778 bits per heavy atom. The van der Waals surface area contributed by atoms with Gasteiger partial charge in [0.1, 0.15) is 5.52 Å². The third kappa shape index (κ3) is 4.46. The summed E-state index contributed by atoms with van der Waals surface area (Å²) in [5.74, 6) is 1.78. The van der Waals surface area contributed by atoms with Crippen LogP contribution in [0.1, 0.15) is 68.9 Å². The van der Waals surface area contributed by atoms with Gasteiger partial charge in [0.15, 0.2) is 5.58 Å². The number of hydrogen-bond acceptors (Lipinski definition) is 3. The molecule has 3 aromatic carbocycles. The van der Waals surface area contributed by atoms with Gasteiger partial charge in [-0.3, -0.25) is 4.98 Å². The minimum atomic E-state index is 0.444. The molecule has 1 aliphatic carbocycles. The van der Waals surface area contributed by atoms with Crippen LogP contribution in [0.3, 0.4) is 0 Å². The first-order valence-electron chi connectivity index (χ1n) is 13.2. The highest BCUT2D eigenvalue weighted by atomic mass is 16.3. The molecule has 0 amide bonds. The quantitative estimate of drug-likeness (QED) is 0.256. The van der Waals surface area contributed by atoms with Crippen molar-refractivity contribution in [2.75, 3.05) is 0 Å². The van der Waals surface area contributed by atoms with Crippen LogP contribution < -0.4 is 0 Å². The van der Waals surface area contributed by atoms with Crippen LogP contribution in [0.4, 0.5) is 0 Å². The second-order valence-corrected chi connectivity index (χ2v) is 10.3. The predicted octanol–water partition coefficient (Wildman–Crippen LogP) is 9.39. The zero-order valence-corrected chi connectivity index (χ0v) is 21.1. The lowest BCUT2D eigenvalue weighted by molar-refractivity contribution is 0.443. The minimum absolute atomic E-state index is 0.444. The molecular weight excluding hydrogens is 440 g/mol. The zero-order valence-electron chi connectivity index (χ0n) is 21.1. The lowest BCUT2D eigenvalue weighted by Crippen LogP contribution is -2.04. The second kappa shape index (κ2) is 9.73. The summed E-state index contributed by atoms with van der Waals surface area (Å²) in [6.07, 6.45) is 8.58. The summed E-state index contributed by atoms with van der Waals surface area (Å²) in [6, 6.07) is 27.9. The van der Waals surface area contributed by atoms with Crippen molar-refractivity contribution in [3.05, 3.63) is 96.2 Å². The fourth-order valence-electron chi connectivity index (χ4n) is 5.43. The number of rotatable bonds is 5. The number of aromatic nitrogens is 2. The van der Waals surface area contributed by atoms with E-state index >= 15 is 0 Å². The molecule has 0 radical (unpaired) electrons.